The van der Waals surface area contributed by atoms with Crippen molar-refractivity contribution < 1.29 is 16.8 Å². The standard InChI is InChI=1S/C15H21NO4S2/c1-11-3-6-15(12(2)9-11)22(19,20)16(13-4-5-13)14-7-8-21(17,18)10-14/h3,6,9,13-14H,4-5,7-8,10H2,1-2H3/t14-/m1/s1. The molecule has 1 saturated heterocycles. The average molecular weight is 343 g/mol. The highest BCUT2D eigenvalue weighted by atomic mass is 32.2. The average Bonchev–Trinajstić information content (AvgIpc) is 3.13. The highest BCUT2D eigenvalue weighted by Crippen LogP contribution is 2.37. The Morgan fingerprint density at radius 3 is 2.27 bits per heavy atom. The van der Waals surface area contributed by atoms with Crippen LogP contribution < -0.4 is 0 Å². The Hall–Kier alpha value is -0.920. The first kappa shape index (κ1) is 16.0. The fourth-order valence-electron chi connectivity index (χ4n) is 3.20. The molecule has 1 aliphatic carbocycles. The van der Waals surface area contributed by atoms with Crippen molar-refractivity contribution in [2.75, 3.05) is 11.5 Å². The second kappa shape index (κ2) is 5.32. The van der Waals surface area contributed by atoms with E-state index in [1.165, 1.54) is 4.31 Å². The van der Waals surface area contributed by atoms with E-state index >= 15 is 0 Å². The molecule has 7 heteroatoms. The maximum absolute atomic E-state index is 13.1. The molecular weight excluding hydrogens is 322 g/mol. The summed E-state index contributed by atoms with van der Waals surface area (Å²) >= 11 is 0. The highest BCUT2D eigenvalue weighted by molar-refractivity contribution is 7.92. The van der Waals surface area contributed by atoms with E-state index in [1.54, 1.807) is 19.1 Å². The molecular formula is C15H21NO4S2. The molecule has 1 heterocycles. The zero-order valence-corrected chi connectivity index (χ0v) is 14.5. The van der Waals surface area contributed by atoms with E-state index in [0.717, 1.165) is 18.4 Å². The fraction of sp³-hybridized carbons (Fsp3) is 0.600. The largest absolute Gasteiger partial charge is 0.243 e. The first-order valence-corrected chi connectivity index (χ1v) is 10.8. The first-order chi connectivity index (χ1) is 10.2. The second-order valence-electron chi connectivity index (χ2n) is 6.39. The number of hydrogen-bond donors (Lipinski definition) is 0. The third kappa shape index (κ3) is 2.94. The van der Waals surface area contributed by atoms with E-state index in [9.17, 15) is 16.8 Å². The zero-order chi connectivity index (χ0) is 16.1. The van der Waals surface area contributed by atoms with Crippen molar-refractivity contribution in [1.29, 1.82) is 0 Å². The van der Waals surface area contributed by atoms with Crippen LogP contribution in [0.25, 0.3) is 0 Å². The Labute approximate surface area is 132 Å². The van der Waals surface area contributed by atoms with Crippen molar-refractivity contribution in [2.24, 2.45) is 0 Å². The van der Waals surface area contributed by atoms with E-state index in [1.807, 2.05) is 13.0 Å². The summed E-state index contributed by atoms with van der Waals surface area (Å²) in [6.45, 7) is 3.71. The summed E-state index contributed by atoms with van der Waals surface area (Å²) in [5.41, 5.74) is 1.73. The van der Waals surface area contributed by atoms with Gasteiger partial charge in [0.2, 0.25) is 10.0 Å². The quantitative estimate of drug-likeness (QED) is 0.833. The lowest BCUT2D eigenvalue weighted by molar-refractivity contribution is 0.332. The highest BCUT2D eigenvalue weighted by Gasteiger charge is 2.46. The van der Waals surface area contributed by atoms with Gasteiger partial charge in [0, 0.05) is 12.1 Å². The van der Waals surface area contributed by atoms with Crippen molar-refractivity contribution in [1.82, 2.24) is 4.31 Å². The topological polar surface area (TPSA) is 71.5 Å². The first-order valence-electron chi connectivity index (χ1n) is 7.52. The molecule has 2 fully saturated rings. The molecule has 0 N–H and O–H groups in total. The van der Waals surface area contributed by atoms with Crippen molar-refractivity contribution in [2.45, 2.75) is 50.1 Å². The third-order valence-corrected chi connectivity index (χ3v) is 8.28. The number of aryl methyl sites for hydroxylation is 2. The minimum absolute atomic E-state index is 0.0380. The summed E-state index contributed by atoms with van der Waals surface area (Å²) in [4.78, 5) is 0.300. The van der Waals surface area contributed by atoms with Gasteiger partial charge < -0.3 is 0 Å². The number of sulfone groups is 1. The van der Waals surface area contributed by atoms with Gasteiger partial charge in [0.1, 0.15) is 0 Å². The van der Waals surface area contributed by atoms with Crippen LogP contribution in [-0.4, -0.2) is 44.7 Å². The predicted octanol–water partition coefficient (Wildman–Crippen LogP) is 1.64. The third-order valence-electron chi connectivity index (χ3n) is 4.36. The number of hydrogen-bond acceptors (Lipinski definition) is 4. The second-order valence-corrected chi connectivity index (χ2v) is 10.4. The molecule has 1 atom stereocenters. The van der Waals surface area contributed by atoms with Crippen LogP contribution in [-0.2, 0) is 19.9 Å². The molecule has 1 aromatic carbocycles. The van der Waals surface area contributed by atoms with E-state index in [0.29, 0.717) is 16.9 Å². The summed E-state index contributed by atoms with van der Waals surface area (Å²) < 4.78 is 51.1. The van der Waals surface area contributed by atoms with Crippen LogP contribution >= 0.6 is 0 Å². The van der Waals surface area contributed by atoms with Crippen molar-refractivity contribution in [3.63, 3.8) is 0 Å². The van der Waals surface area contributed by atoms with Gasteiger partial charge in [-0.3, -0.25) is 0 Å². The normalized spacial score (nSPS) is 24.8. The fourth-order valence-corrected chi connectivity index (χ4v) is 7.11. The Bertz CT molecular complexity index is 795. The van der Waals surface area contributed by atoms with Gasteiger partial charge in [-0.15, -0.1) is 0 Å². The number of benzene rings is 1. The molecule has 0 spiro atoms. The van der Waals surface area contributed by atoms with Gasteiger partial charge in [-0.1, -0.05) is 17.7 Å². The van der Waals surface area contributed by atoms with Gasteiger partial charge >= 0.3 is 0 Å². The van der Waals surface area contributed by atoms with E-state index in [2.05, 4.69) is 0 Å². The van der Waals surface area contributed by atoms with Crippen molar-refractivity contribution in [3.8, 4) is 0 Å². The summed E-state index contributed by atoms with van der Waals surface area (Å²) in [5.74, 6) is 0.0386. The maximum atomic E-state index is 13.1. The lowest BCUT2D eigenvalue weighted by atomic mass is 10.2. The molecule has 3 rings (SSSR count). The van der Waals surface area contributed by atoms with Gasteiger partial charge in [-0.2, -0.15) is 4.31 Å². The minimum atomic E-state index is -3.65. The predicted molar refractivity (Wildman–Crippen MR) is 85.0 cm³/mol. The van der Waals surface area contributed by atoms with Crippen molar-refractivity contribution in [3.05, 3.63) is 29.3 Å². The Morgan fingerprint density at radius 1 is 1.09 bits per heavy atom. The molecule has 2 aliphatic rings. The van der Waals surface area contributed by atoms with Crippen LogP contribution in [0.4, 0.5) is 0 Å². The van der Waals surface area contributed by atoms with Gasteiger partial charge in [0.05, 0.1) is 16.4 Å². The van der Waals surface area contributed by atoms with E-state index in [4.69, 9.17) is 0 Å². The molecule has 0 bridgehead atoms. The van der Waals surface area contributed by atoms with Crippen LogP contribution in [0.5, 0.6) is 0 Å². The zero-order valence-electron chi connectivity index (χ0n) is 12.8. The minimum Gasteiger partial charge on any atom is -0.229 e. The molecule has 1 aromatic rings. The van der Waals surface area contributed by atoms with E-state index in [-0.39, 0.29) is 17.5 Å². The SMILES string of the molecule is Cc1ccc(S(=O)(=O)N(C2CC2)[C@@H]2CCS(=O)(=O)C2)c(C)c1. The summed E-state index contributed by atoms with van der Waals surface area (Å²) in [7, 11) is -6.76. The van der Waals surface area contributed by atoms with Gasteiger partial charge in [-0.25, -0.2) is 16.8 Å². The van der Waals surface area contributed by atoms with Crippen LogP contribution in [0.2, 0.25) is 0 Å². The van der Waals surface area contributed by atoms with Crippen LogP contribution in [0.15, 0.2) is 23.1 Å². The summed E-state index contributed by atoms with van der Waals surface area (Å²) in [5, 5.41) is 0. The van der Waals surface area contributed by atoms with Crippen LogP contribution in [0.3, 0.4) is 0 Å². The Morgan fingerprint density at radius 2 is 1.77 bits per heavy atom. The van der Waals surface area contributed by atoms with Gasteiger partial charge in [0.25, 0.3) is 0 Å². The lowest BCUT2D eigenvalue weighted by Gasteiger charge is -2.28. The molecule has 0 unspecified atom stereocenters. The Balaban J connectivity index is 2.01. The number of rotatable bonds is 4. The number of sulfonamides is 1. The van der Waals surface area contributed by atoms with Gasteiger partial charge in [-0.05, 0) is 44.7 Å². The lowest BCUT2D eigenvalue weighted by Crippen LogP contribution is -2.42. The number of nitrogens with zero attached hydrogens (tertiary/aromatic N) is 1. The molecule has 1 saturated carbocycles. The maximum Gasteiger partial charge on any atom is 0.243 e. The molecule has 0 aromatic heterocycles. The smallest absolute Gasteiger partial charge is 0.229 e. The monoisotopic (exact) mass is 343 g/mol. The molecule has 0 amide bonds. The molecule has 122 valence electrons. The molecule has 22 heavy (non-hydrogen) atoms. The van der Waals surface area contributed by atoms with Crippen LogP contribution in [0.1, 0.15) is 30.4 Å². The molecule has 1 aliphatic heterocycles. The molecule has 5 nitrogen and oxygen atoms in total. The summed E-state index contributed by atoms with van der Waals surface area (Å²) in [6, 6.07) is 4.82. The van der Waals surface area contributed by atoms with Crippen molar-refractivity contribution >= 4 is 19.9 Å². The summed E-state index contributed by atoms with van der Waals surface area (Å²) in [6.07, 6.45) is 2.05. The van der Waals surface area contributed by atoms with Gasteiger partial charge in [0.15, 0.2) is 9.84 Å². The molecule has 0 radical (unpaired) electrons. The van der Waals surface area contributed by atoms with E-state index < -0.39 is 25.9 Å². The van der Waals surface area contributed by atoms with Crippen LogP contribution in [0, 0.1) is 13.8 Å². The Kier molecular flexibility index (Phi) is 3.86.